The van der Waals surface area contributed by atoms with Gasteiger partial charge < -0.3 is 4.90 Å². The van der Waals surface area contributed by atoms with Crippen LogP contribution < -0.4 is 0 Å². The molecule has 0 bridgehead atoms. The number of aryl methyl sites for hydroxylation is 1. The van der Waals surface area contributed by atoms with Gasteiger partial charge in [0.05, 0.1) is 0 Å². The van der Waals surface area contributed by atoms with Crippen LogP contribution in [0.1, 0.15) is 44.7 Å². The first-order valence-electron chi connectivity index (χ1n) is 7.39. The summed E-state index contributed by atoms with van der Waals surface area (Å²) in [7, 11) is 2.08. The first-order valence-corrected chi connectivity index (χ1v) is 7.39. The van der Waals surface area contributed by atoms with Gasteiger partial charge in [0.15, 0.2) is 0 Å². The van der Waals surface area contributed by atoms with E-state index in [1.807, 2.05) is 19.1 Å². The van der Waals surface area contributed by atoms with Crippen LogP contribution in [0.5, 0.6) is 0 Å². The topological polar surface area (TPSA) is 3.24 Å². The molecular weight excluding hydrogens is 249 g/mol. The Hall–Kier alpha value is -1.15. The third kappa shape index (κ3) is 4.17. The van der Waals surface area contributed by atoms with Gasteiger partial charge in [0.1, 0.15) is 5.82 Å². The normalized spacial score (nSPS) is 13.3. The van der Waals surface area contributed by atoms with Gasteiger partial charge in [0.25, 0.3) is 0 Å². The molecule has 0 aliphatic heterocycles. The molecule has 0 radical (unpaired) electrons. The van der Waals surface area contributed by atoms with Crippen molar-refractivity contribution >= 4 is 0 Å². The van der Waals surface area contributed by atoms with E-state index in [4.69, 9.17) is 0 Å². The quantitative estimate of drug-likeness (QED) is 0.677. The van der Waals surface area contributed by atoms with Crippen molar-refractivity contribution in [3.05, 3.63) is 47.3 Å². The second-order valence-corrected chi connectivity index (χ2v) is 6.34. The van der Waals surface area contributed by atoms with E-state index in [0.717, 1.165) is 23.2 Å². The summed E-state index contributed by atoms with van der Waals surface area (Å²) in [6.45, 7) is 15.5. The number of benzene rings is 1. The zero-order valence-corrected chi connectivity index (χ0v) is 13.7. The lowest BCUT2D eigenvalue weighted by molar-refractivity contribution is 0.260. The smallest absolute Gasteiger partial charge is 0.127 e. The fourth-order valence-corrected chi connectivity index (χ4v) is 2.23. The van der Waals surface area contributed by atoms with Gasteiger partial charge in [-0.25, -0.2) is 4.39 Å². The van der Waals surface area contributed by atoms with Gasteiger partial charge in [-0.2, -0.15) is 0 Å². The average molecular weight is 277 g/mol. The van der Waals surface area contributed by atoms with Crippen molar-refractivity contribution in [2.24, 2.45) is 5.92 Å². The maximum Gasteiger partial charge on any atom is 0.127 e. The SMILES string of the molecule is C=C(C(C)C)[C@H](CN(C)C(C)C)c1ccc(C)cc1F. The van der Waals surface area contributed by atoms with E-state index in [-0.39, 0.29) is 11.7 Å². The van der Waals surface area contributed by atoms with Gasteiger partial charge in [0, 0.05) is 18.5 Å². The number of likely N-dealkylation sites (N-methyl/N-ethyl adjacent to an activating group) is 1. The van der Waals surface area contributed by atoms with Crippen LogP contribution in [-0.4, -0.2) is 24.5 Å². The van der Waals surface area contributed by atoms with E-state index in [9.17, 15) is 4.39 Å². The van der Waals surface area contributed by atoms with E-state index in [2.05, 4.69) is 46.2 Å². The Morgan fingerprint density at radius 1 is 1.25 bits per heavy atom. The van der Waals surface area contributed by atoms with Crippen LogP contribution in [0.4, 0.5) is 4.39 Å². The lowest BCUT2D eigenvalue weighted by Gasteiger charge is -2.30. The Morgan fingerprint density at radius 3 is 2.30 bits per heavy atom. The molecule has 2 heteroatoms. The lowest BCUT2D eigenvalue weighted by Crippen LogP contribution is -2.32. The fraction of sp³-hybridized carbons (Fsp3) is 0.556. The van der Waals surface area contributed by atoms with Crippen molar-refractivity contribution in [1.82, 2.24) is 4.90 Å². The molecule has 112 valence electrons. The third-order valence-corrected chi connectivity index (χ3v) is 4.07. The van der Waals surface area contributed by atoms with Crippen molar-refractivity contribution in [2.75, 3.05) is 13.6 Å². The molecule has 0 amide bonds. The monoisotopic (exact) mass is 277 g/mol. The Balaban J connectivity index is 3.13. The minimum Gasteiger partial charge on any atom is -0.303 e. The predicted molar refractivity (Wildman–Crippen MR) is 85.6 cm³/mol. The molecule has 0 N–H and O–H groups in total. The van der Waals surface area contributed by atoms with Crippen molar-refractivity contribution in [3.8, 4) is 0 Å². The molecule has 0 heterocycles. The van der Waals surface area contributed by atoms with E-state index in [1.54, 1.807) is 6.07 Å². The van der Waals surface area contributed by atoms with Crippen LogP contribution in [-0.2, 0) is 0 Å². The minimum atomic E-state index is -0.117. The van der Waals surface area contributed by atoms with Gasteiger partial charge in [0.2, 0.25) is 0 Å². The zero-order valence-electron chi connectivity index (χ0n) is 13.7. The van der Waals surface area contributed by atoms with Crippen molar-refractivity contribution in [3.63, 3.8) is 0 Å². The van der Waals surface area contributed by atoms with Crippen LogP contribution >= 0.6 is 0 Å². The molecule has 0 spiro atoms. The highest BCUT2D eigenvalue weighted by Gasteiger charge is 2.23. The number of hydrogen-bond donors (Lipinski definition) is 0. The molecule has 0 saturated carbocycles. The average Bonchev–Trinajstić information content (AvgIpc) is 2.35. The molecule has 1 rings (SSSR count). The second kappa shape index (κ2) is 7.03. The molecule has 0 fully saturated rings. The summed E-state index contributed by atoms with van der Waals surface area (Å²) in [5.74, 6) is 0.276. The highest BCUT2D eigenvalue weighted by Crippen LogP contribution is 2.31. The summed E-state index contributed by atoms with van der Waals surface area (Å²) in [6, 6.07) is 5.95. The molecule has 0 aliphatic carbocycles. The number of nitrogens with zero attached hydrogens (tertiary/aromatic N) is 1. The van der Waals surface area contributed by atoms with E-state index >= 15 is 0 Å². The fourth-order valence-electron chi connectivity index (χ4n) is 2.23. The highest BCUT2D eigenvalue weighted by molar-refractivity contribution is 5.33. The van der Waals surface area contributed by atoms with Crippen LogP contribution in [0.25, 0.3) is 0 Å². The summed E-state index contributed by atoms with van der Waals surface area (Å²) >= 11 is 0. The summed E-state index contributed by atoms with van der Waals surface area (Å²) in [6.07, 6.45) is 0. The van der Waals surface area contributed by atoms with E-state index in [1.165, 1.54) is 0 Å². The Labute approximate surface area is 123 Å². The maximum absolute atomic E-state index is 14.3. The molecule has 1 aromatic rings. The van der Waals surface area contributed by atoms with Crippen molar-refractivity contribution in [1.29, 1.82) is 0 Å². The molecule has 0 saturated heterocycles. The third-order valence-electron chi connectivity index (χ3n) is 4.07. The molecule has 20 heavy (non-hydrogen) atoms. The summed E-state index contributed by atoms with van der Waals surface area (Å²) in [5.41, 5.74) is 2.82. The standard InChI is InChI=1S/C18H28FN/c1-12(2)15(6)17(11-20(7)13(3)4)16-9-8-14(5)10-18(16)19/h8-10,12-13,17H,6,11H2,1-5,7H3/t17-/m0/s1. The highest BCUT2D eigenvalue weighted by atomic mass is 19.1. The lowest BCUT2D eigenvalue weighted by atomic mass is 9.84. The molecule has 0 aromatic heterocycles. The molecule has 0 aliphatic rings. The van der Waals surface area contributed by atoms with E-state index in [0.29, 0.717) is 12.0 Å². The van der Waals surface area contributed by atoms with Crippen LogP contribution in [0.15, 0.2) is 30.4 Å². The molecule has 1 aromatic carbocycles. The van der Waals surface area contributed by atoms with Gasteiger partial charge in [-0.3, -0.25) is 0 Å². The van der Waals surface area contributed by atoms with E-state index < -0.39 is 0 Å². The summed E-state index contributed by atoms with van der Waals surface area (Å²) in [4.78, 5) is 2.25. The van der Waals surface area contributed by atoms with Gasteiger partial charge >= 0.3 is 0 Å². The maximum atomic E-state index is 14.3. The Bertz CT molecular complexity index is 462. The predicted octanol–water partition coefficient (Wildman–Crippen LogP) is 4.77. The first kappa shape index (κ1) is 16.9. The Kier molecular flexibility index (Phi) is 5.94. The molecule has 0 unspecified atom stereocenters. The number of hydrogen-bond acceptors (Lipinski definition) is 1. The molecule has 1 nitrogen and oxygen atoms in total. The van der Waals surface area contributed by atoms with Crippen molar-refractivity contribution in [2.45, 2.75) is 46.6 Å². The molecular formula is C18H28FN. The molecule has 1 atom stereocenters. The summed E-state index contributed by atoms with van der Waals surface area (Å²) < 4.78 is 14.3. The zero-order chi connectivity index (χ0) is 15.4. The van der Waals surface area contributed by atoms with Crippen molar-refractivity contribution < 1.29 is 4.39 Å². The Morgan fingerprint density at radius 2 is 1.85 bits per heavy atom. The van der Waals surface area contributed by atoms with Gasteiger partial charge in [-0.15, -0.1) is 0 Å². The first-order chi connectivity index (χ1) is 9.23. The van der Waals surface area contributed by atoms with Crippen LogP contribution in [0, 0.1) is 18.7 Å². The minimum absolute atomic E-state index is 0.0444. The van der Waals surface area contributed by atoms with Crippen LogP contribution in [0.3, 0.4) is 0 Å². The van der Waals surface area contributed by atoms with Crippen LogP contribution in [0.2, 0.25) is 0 Å². The summed E-state index contributed by atoms with van der Waals surface area (Å²) in [5, 5.41) is 0. The number of halogens is 1. The van der Waals surface area contributed by atoms with Gasteiger partial charge in [-0.05, 0) is 50.9 Å². The second-order valence-electron chi connectivity index (χ2n) is 6.34. The largest absolute Gasteiger partial charge is 0.303 e. The number of rotatable bonds is 6. The van der Waals surface area contributed by atoms with Gasteiger partial charge in [-0.1, -0.05) is 38.1 Å².